The van der Waals surface area contributed by atoms with Gasteiger partial charge in [0, 0.05) is 7.14 Å². The second-order valence-corrected chi connectivity index (χ2v) is 11.3. The van der Waals surface area contributed by atoms with Gasteiger partial charge in [0.05, 0.1) is 19.5 Å². The molecule has 32 heavy (non-hydrogen) atoms. The van der Waals surface area contributed by atoms with Crippen molar-refractivity contribution in [2.24, 2.45) is 4.99 Å². The van der Waals surface area contributed by atoms with Gasteiger partial charge in [-0.25, -0.2) is 9.79 Å². The zero-order valence-corrected chi connectivity index (χ0v) is 24.3. The van der Waals surface area contributed by atoms with Gasteiger partial charge in [-0.1, -0.05) is 23.7 Å². The van der Waals surface area contributed by atoms with Crippen LogP contribution in [0, 0.1) is 7.14 Å². The van der Waals surface area contributed by atoms with Gasteiger partial charge in [0.2, 0.25) is 5.90 Å². The van der Waals surface area contributed by atoms with E-state index in [4.69, 9.17) is 21.1 Å². The first-order valence-corrected chi connectivity index (χ1v) is 13.3. The maximum Gasteiger partial charge on any atom is 0.363 e. The molecule has 1 aliphatic heterocycles. The van der Waals surface area contributed by atoms with Crippen molar-refractivity contribution < 1.29 is 14.3 Å². The fraction of sp³-hybridized carbons (Fsp3) is 0.0435. The highest BCUT2D eigenvalue weighted by Gasteiger charge is 2.26. The van der Waals surface area contributed by atoms with Gasteiger partial charge < -0.3 is 9.47 Å². The van der Waals surface area contributed by atoms with E-state index in [1.807, 2.05) is 42.5 Å². The van der Waals surface area contributed by atoms with E-state index >= 15 is 0 Å². The first kappa shape index (κ1) is 24.2. The SMILES string of the molecule is O=C1OC(c2cc(I)ccc2Cl)=N/C1=C\c1cc(Br)c(OCc2cccc(I)c2)c(Br)c1. The molecule has 0 spiro atoms. The number of hydrogen-bond donors (Lipinski definition) is 0. The van der Waals surface area contributed by atoms with Gasteiger partial charge >= 0.3 is 5.97 Å². The third kappa shape index (κ3) is 5.75. The molecule has 0 fully saturated rings. The van der Waals surface area contributed by atoms with Crippen LogP contribution in [0.15, 0.2) is 74.2 Å². The number of aliphatic imine (C=N–C) groups is 1. The van der Waals surface area contributed by atoms with E-state index in [0.717, 1.165) is 27.2 Å². The van der Waals surface area contributed by atoms with Crippen LogP contribution < -0.4 is 4.74 Å². The molecule has 0 atom stereocenters. The van der Waals surface area contributed by atoms with Crippen molar-refractivity contribution in [3.05, 3.63) is 98.1 Å². The van der Waals surface area contributed by atoms with Crippen molar-refractivity contribution in [3.63, 3.8) is 0 Å². The van der Waals surface area contributed by atoms with Gasteiger partial charge in [-0.15, -0.1) is 0 Å². The molecule has 162 valence electrons. The van der Waals surface area contributed by atoms with Crippen molar-refractivity contribution in [2.75, 3.05) is 0 Å². The molecule has 0 saturated carbocycles. The Bertz CT molecular complexity index is 1270. The predicted octanol–water partition coefficient (Wildman–Crippen LogP) is 8.00. The molecule has 1 heterocycles. The zero-order chi connectivity index (χ0) is 22.8. The van der Waals surface area contributed by atoms with E-state index in [-0.39, 0.29) is 11.6 Å². The Kier molecular flexibility index (Phi) is 7.97. The quantitative estimate of drug-likeness (QED) is 0.150. The molecule has 4 nitrogen and oxygen atoms in total. The van der Waals surface area contributed by atoms with Gasteiger partial charge in [-0.2, -0.15) is 0 Å². The van der Waals surface area contributed by atoms with E-state index in [0.29, 0.717) is 22.9 Å². The van der Waals surface area contributed by atoms with Crippen molar-refractivity contribution in [3.8, 4) is 5.75 Å². The summed E-state index contributed by atoms with van der Waals surface area (Å²) in [7, 11) is 0. The summed E-state index contributed by atoms with van der Waals surface area (Å²) >= 11 is 17.8. The number of benzene rings is 3. The van der Waals surface area contributed by atoms with Crippen LogP contribution in [0.4, 0.5) is 0 Å². The number of halogens is 5. The smallest absolute Gasteiger partial charge is 0.363 e. The minimum Gasteiger partial charge on any atom is -0.487 e. The van der Waals surface area contributed by atoms with Crippen LogP contribution in [0.2, 0.25) is 5.02 Å². The number of esters is 1. The van der Waals surface area contributed by atoms with Crippen LogP contribution in [0.25, 0.3) is 6.08 Å². The van der Waals surface area contributed by atoms with E-state index in [1.165, 1.54) is 0 Å². The molecule has 0 radical (unpaired) electrons. The Morgan fingerprint density at radius 1 is 1.03 bits per heavy atom. The fourth-order valence-corrected chi connectivity index (χ4v) is 5.67. The maximum atomic E-state index is 12.4. The van der Waals surface area contributed by atoms with Crippen LogP contribution in [-0.2, 0) is 16.1 Å². The number of ether oxygens (including phenoxy) is 2. The first-order chi connectivity index (χ1) is 15.3. The Balaban J connectivity index is 1.58. The molecule has 9 heteroatoms. The lowest BCUT2D eigenvalue weighted by Crippen LogP contribution is -2.06. The normalized spacial score (nSPS) is 14.5. The highest BCUT2D eigenvalue weighted by Crippen LogP contribution is 2.36. The first-order valence-electron chi connectivity index (χ1n) is 9.14. The summed E-state index contributed by atoms with van der Waals surface area (Å²) in [5.74, 6) is 0.344. The third-order valence-electron chi connectivity index (χ3n) is 4.38. The molecule has 0 unspecified atom stereocenters. The van der Waals surface area contributed by atoms with Gasteiger partial charge in [-0.3, -0.25) is 0 Å². The van der Waals surface area contributed by atoms with Crippen LogP contribution in [0.3, 0.4) is 0 Å². The molecule has 0 saturated heterocycles. The molecule has 3 aromatic carbocycles. The van der Waals surface area contributed by atoms with E-state index in [1.54, 1.807) is 12.1 Å². The van der Waals surface area contributed by atoms with Crippen LogP contribution in [0.1, 0.15) is 16.7 Å². The van der Waals surface area contributed by atoms with Crippen molar-refractivity contribution in [1.82, 2.24) is 0 Å². The molecule has 0 N–H and O–H groups in total. The van der Waals surface area contributed by atoms with Crippen LogP contribution in [-0.4, -0.2) is 11.9 Å². The number of nitrogens with zero attached hydrogens (tertiary/aromatic N) is 1. The fourth-order valence-electron chi connectivity index (χ4n) is 2.93. The summed E-state index contributed by atoms with van der Waals surface area (Å²) in [5, 5.41) is 0.471. The van der Waals surface area contributed by atoms with Crippen LogP contribution >= 0.6 is 88.6 Å². The second kappa shape index (κ2) is 10.5. The predicted molar refractivity (Wildman–Crippen MR) is 150 cm³/mol. The molecule has 3 aromatic rings. The molecule has 4 rings (SSSR count). The highest BCUT2D eigenvalue weighted by molar-refractivity contribution is 14.1. The summed E-state index contributed by atoms with van der Waals surface area (Å²) < 4.78 is 15.0. The number of hydrogen-bond acceptors (Lipinski definition) is 4. The van der Waals surface area contributed by atoms with Crippen molar-refractivity contribution in [2.45, 2.75) is 6.61 Å². The largest absolute Gasteiger partial charge is 0.487 e. The highest BCUT2D eigenvalue weighted by atomic mass is 127. The average molecular weight is 799 g/mol. The van der Waals surface area contributed by atoms with Gasteiger partial charge in [-0.05, 0) is 137 Å². The molecule has 0 bridgehead atoms. The second-order valence-electron chi connectivity index (χ2n) is 6.69. The number of cyclic esters (lactones) is 1. The number of rotatable bonds is 5. The Morgan fingerprint density at radius 2 is 1.75 bits per heavy atom. The van der Waals surface area contributed by atoms with E-state index < -0.39 is 5.97 Å². The standard InChI is InChI=1S/C23H12Br2ClI2NO3/c24-17-7-13(8-18(25)21(17)31-11-12-2-1-3-14(27)6-12)9-20-23(30)32-22(29-20)16-10-15(28)4-5-19(16)26/h1-10H,11H2/b20-9-. The summed E-state index contributed by atoms with van der Waals surface area (Å²) in [6.07, 6.45) is 1.66. The monoisotopic (exact) mass is 797 g/mol. The summed E-state index contributed by atoms with van der Waals surface area (Å²) in [6.45, 7) is 0.436. The Morgan fingerprint density at radius 3 is 2.47 bits per heavy atom. The Hall–Kier alpha value is -0.950. The minimum atomic E-state index is -0.527. The number of carbonyl (C=O) groups is 1. The lowest BCUT2D eigenvalue weighted by molar-refractivity contribution is -0.129. The zero-order valence-electron chi connectivity index (χ0n) is 16.0. The molecule has 0 amide bonds. The lowest BCUT2D eigenvalue weighted by atomic mass is 10.2. The van der Waals surface area contributed by atoms with Crippen molar-refractivity contribution in [1.29, 1.82) is 0 Å². The molecular weight excluding hydrogens is 787 g/mol. The molecule has 0 aliphatic carbocycles. The van der Waals surface area contributed by atoms with Crippen LogP contribution in [0.5, 0.6) is 5.75 Å². The van der Waals surface area contributed by atoms with Gasteiger partial charge in [0.15, 0.2) is 5.70 Å². The molecule has 1 aliphatic rings. The van der Waals surface area contributed by atoms with Crippen molar-refractivity contribution >= 4 is 107 Å². The molecular formula is C23H12Br2ClI2NO3. The average Bonchev–Trinajstić information content (AvgIpc) is 3.09. The summed E-state index contributed by atoms with van der Waals surface area (Å²) in [6, 6.07) is 17.3. The van der Waals surface area contributed by atoms with Gasteiger partial charge in [0.25, 0.3) is 0 Å². The summed E-state index contributed by atoms with van der Waals surface area (Å²) in [5.41, 5.74) is 2.61. The van der Waals surface area contributed by atoms with E-state index in [2.05, 4.69) is 88.1 Å². The maximum absolute atomic E-state index is 12.4. The minimum absolute atomic E-state index is 0.195. The topological polar surface area (TPSA) is 47.9 Å². The molecule has 0 aromatic heterocycles. The van der Waals surface area contributed by atoms with Gasteiger partial charge in [0.1, 0.15) is 12.4 Å². The summed E-state index contributed by atoms with van der Waals surface area (Å²) in [4.78, 5) is 16.7. The third-order valence-corrected chi connectivity index (χ3v) is 7.23. The Labute approximate surface area is 234 Å². The lowest BCUT2D eigenvalue weighted by Gasteiger charge is -2.12. The van der Waals surface area contributed by atoms with E-state index in [9.17, 15) is 4.79 Å². The number of carbonyl (C=O) groups excluding carboxylic acids is 1.